The van der Waals surface area contributed by atoms with Crippen molar-refractivity contribution in [3.05, 3.63) is 0 Å². The van der Waals surface area contributed by atoms with Gasteiger partial charge in [0.1, 0.15) is 0 Å². The van der Waals surface area contributed by atoms with E-state index >= 15 is 0 Å². The predicted octanol–water partition coefficient (Wildman–Crippen LogP) is 1.68. The number of rotatable bonds is 7. The highest BCUT2D eigenvalue weighted by atomic mass is 15.1. The van der Waals surface area contributed by atoms with E-state index in [1.165, 1.54) is 45.3 Å². The van der Waals surface area contributed by atoms with Crippen LogP contribution in [0.1, 0.15) is 39.5 Å². The standard InChI is InChI=1S/C14H31N3/c1-14(2,12-15)7-9-16-8-6-13-5-4-10-17(3)11-13/h13,16H,4-12,15H2,1-3H3. The summed E-state index contributed by atoms with van der Waals surface area (Å²) in [6, 6.07) is 0. The van der Waals surface area contributed by atoms with Crippen LogP contribution in [0.15, 0.2) is 0 Å². The number of hydrogen-bond donors (Lipinski definition) is 2. The normalized spacial score (nSPS) is 22.9. The monoisotopic (exact) mass is 241 g/mol. The Labute approximate surface area is 107 Å². The van der Waals surface area contributed by atoms with Crippen molar-refractivity contribution in [1.82, 2.24) is 10.2 Å². The molecule has 1 saturated heterocycles. The summed E-state index contributed by atoms with van der Waals surface area (Å²) in [5.41, 5.74) is 6.01. The van der Waals surface area contributed by atoms with E-state index in [4.69, 9.17) is 5.73 Å². The van der Waals surface area contributed by atoms with Crippen molar-refractivity contribution in [1.29, 1.82) is 0 Å². The van der Waals surface area contributed by atoms with Crippen LogP contribution in [0.3, 0.4) is 0 Å². The van der Waals surface area contributed by atoms with Gasteiger partial charge in [0.05, 0.1) is 0 Å². The topological polar surface area (TPSA) is 41.3 Å². The summed E-state index contributed by atoms with van der Waals surface area (Å²) in [5, 5.41) is 3.56. The molecule has 3 N–H and O–H groups in total. The molecule has 1 fully saturated rings. The Kier molecular flexibility index (Phi) is 6.45. The predicted molar refractivity (Wildman–Crippen MR) is 75.2 cm³/mol. The maximum Gasteiger partial charge on any atom is 0.000709 e. The first-order valence-electron chi connectivity index (χ1n) is 7.13. The second-order valence-electron chi connectivity index (χ2n) is 6.43. The van der Waals surface area contributed by atoms with Crippen LogP contribution in [-0.2, 0) is 0 Å². The van der Waals surface area contributed by atoms with Crippen LogP contribution < -0.4 is 11.1 Å². The molecule has 0 amide bonds. The molecule has 1 unspecified atom stereocenters. The quantitative estimate of drug-likeness (QED) is 0.666. The molecule has 1 heterocycles. The molecule has 0 aromatic heterocycles. The van der Waals surface area contributed by atoms with Crippen molar-refractivity contribution >= 4 is 0 Å². The molecule has 1 aliphatic rings. The van der Waals surface area contributed by atoms with Crippen LogP contribution in [0.4, 0.5) is 0 Å². The van der Waals surface area contributed by atoms with Gasteiger partial charge in [-0.15, -0.1) is 0 Å². The van der Waals surface area contributed by atoms with Gasteiger partial charge < -0.3 is 16.0 Å². The van der Waals surface area contributed by atoms with Gasteiger partial charge in [-0.05, 0) is 70.2 Å². The number of piperidine rings is 1. The van der Waals surface area contributed by atoms with E-state index in [1.54, 1.807) is 0 Å². The average molecular weight is 241 g/mol. The molecule has 0 aromatic carbocycles. The van der Waals surface area contributed by atoms with Crippen LogP contribution in [0.5, 0.6) is 0 Å². The Hall–Kier alpha value is -0.120. The molecule has 0 aliphatic carbocycles. The first kappa shape index (κ1) is 14.9. The van der Waals surface area contributed by atoms with E-state index < -0.39 is 0 Å². The molecule has 0 bridgehead atoms. The van der Waals surface area contributed by atoms with Gasteiger partial charge in [-0.3, -0.25) is 0 Å². The van der Waals surface area contributed by atoms with Crippen molar-refractivity contribution in [2.75, 3.05) is 39.8 Å². The van der Waals surface area contributed by atoms with Gasteiger partial charge in [-0.2, -0.15) is 0 Å². The Balaban J connectivity index is 2.00. The second-order valence-corrected chi connectivity index (χ2v) is 6.43. The maximum atomic E-state index is 5.72. The minimum Gasteiger partial charge on any atom is -0.330 e. The molecule has 3 heteroatoms. The van der Waals surface area contributed by atoms with Crippen molar-refractivity contribution in [3.63, 3.8) is 0 Å². The van der Waals surface area contributed by atoms with E-state index in [0.29, 0.717) is 0 Å². The maximum absolute atomic E-state index is 5.72. The van der Waals surface area contributed by atoms with Crippen LogP contribution in [0.25, 0.3) is 0 Å². The molecule has 0 saturated carbocycles. The summed E-state index contributed by atoms with van der Waals surface area (Å²) in [6.45, 7) is 10.1. The number of nitrogens with two attached hydrogens (primary N) is 1. The average Bonchev–Trinajstić information content (AvgIpc) is 2.29. The molecule has 1 rings (SSSR count). The fraction of sp³-hybridized carbons (Fsp3) is 1.00. The molecule has 102 valence electrons. The number of hydrogen-bond acceptors (Lipinski definition) is 3. The van der Waals surface area contributed by atoms with Crippen LogP contribution >= 0.6 is 0 Å². The minimum absolute atomic E-state index is 0.290. The van der Waals surface area contributed by atoms with E-state index in [-0.39, 0.29) is 5.41 Å². The Morgan fingerprint density at radius 1 is 1.35 bits per heavy atom. The largest absolute Gasteiger partial charge is 0.330 e. The van der Waals surface area contributed by atoms with Crippen molar-refractivity contribution in [2.24, 2.45) is 17.1 Å². The lowest BCUT2D eigenvalue weighted by atomic mass is 9.89. The second kappa shape index (κ2) is 7.34. The molecule has 0 spiro atoms. The van der Waals surface area contributed by atoms with Crippen LogP contribution in [0, 0.1) is 11.3 Å². The van der Waals surface area contributed by atoms with Gasteiger partial charge in [-0.1, -0.05) is 13.8 Å². The lowest BCUT2D eigenvalue weighted by Crippen LogP contribution is -2.34. The molecular weight excluding hydrogens is 210 g/mol. The third-order valence-corrected chi connectivity index (χ3v) is 3.98. The molecule has 0 radical (unpaired) electrons. The zero-order valence-electron chi connectivity index (χ0n) is 12.0. The van der Waals surface area contributed by atoms with E-state index in [9.17, 15) is 0 Å². The number of likely N-dealkylation sites (tertiary alicyclic amines) is 1. The number of nitrogens with one attached hydrogen (secondary N) is 1. The van der Waals surface area contributed by atoms with Crippen molar-refractivity contribution in [2.45, 2.75) is 39.5 Å². The van der Waals surface area contributed by atoms with Crippen molar-refractivity contribution < 1.29 is 0 Å². The first-order valence-corrected chi connectivity index (χ1v) is 7.13. The SMILES string of the molecule is CN1CCCC(CCNCCC(C)(C)CN)C1. The lowest BCUT2D eigenvalue weighted by Gasteiger charge is -2.29. The van der Waals surface area contributed by atoms with E-state index in [0.717, 1.165) is 19.0 Å². The zero-order chi connectivity index (χ0) is 12.7. The molecule has 0 aromatic rings. The summed E-state index contributed by atoms with van der Waals surface area (Å²) in [4.78, 5) is 2.46. The van der Waals surface area contributed by atoms with Gasteiger partial charge in [-0.25, -0.2) is 0 Å². The Morgan fingerprint density at radius 3 is 2.76 bits per heavy atom. The van der Waals surface area contributed by atoms with Gasteiger partial charge in [0, 0.05) is 6.54 Å². The lowest BCUT2D eigenvalue weighted by molar-refractivity contribution is 0.201. The molecule has 1 atom stereocenters. The van der Waals surface area contributed by atoms with Crippen LogP contribution in [-0.4, -0.2) is 44.7 Å². The number of nitrogens with zero attached hydrogens (tertiary/aromatic N) is 1. The highest BCUT2D eigenvalue weighted by Crippen LogP contribution is 2.18. The molecular formula is C14H31N3. The highest BCUT2D eigenvalue weighted by Gasteiger charge is 2.17. The molecule has 17 heavy (non-hydrogen) atoms. The third-order valence-electron chi connectivity index (χ3n) is 3.98. The van der Waals surface area contributed by atoms with Crippen molar-refractivity contribution in [3.8, 4) is 0 Å². The fourth-order valence-corrected chi connectivity index (χ4v) is 2.47. The van der Waals surface area contributed by atoms with Gasteiger partial charge in [0.2, 0.25) is 0 Å². The summed E-state index contributed by atoms with van der Waals surface area (Å²) in [7, 11) is 2.24. The summed E-state index contributed by atoms with van der Waals surface area (Å²) in [6.07, 6.45) is 5.29. The summed E-state index contributed by atoms with van der Waals surface area (Å²) < 4.78 is 0. The van der Waals surface area contributed by atoms with E-state index in [2.05, 4.69) is 31.1 Å². The minimum atomic E-state index is 0.290. The fourth-order valence-electron chi connectivity index (χ4n) is 2.47. The Morgan fingerprint density at radius 2 is 2.12 bits per heavy atom. The molecule has 3 nitrogen and oxygen atoms in total. The van der Waals surface area contributed by atoms with Crippen LogP contribution in [0.2, 0.25) is 0 Å². The Bertz CT molecular complexity index is 204. The third kappa shape index (κ3) is 6.39. The van der Waals surface area contributed by atoms with Gasteiger partial charge in [0.25, 0.3) is 0 Å². The zero-order valence-corrected chi connectivity index (χ0v) is 12.0. The highest BCUT2D eigenvalue weighted by molar-refractivity contribution is 4.73. The smallest absolute Gasteiger partial charge is 0.000709 e. The summed E-state index contributed by atoms with van der Waals surface area (Å²) in [5.74, 6) is 0.906. The first-order chi connectivity index (χ1) is 8.03. The summed E-state index contributed by atoms with van der Waals surface area (Å²) >= 11 is 0. The van der Waals surface area contributed by atoms with Gasteiger partial charge in [0.15, 0.2) is 0 Å². The molecule has 1 aliphatic heterocycles. The van der Waals surface area contributed by atoms with E-state index in [1.807, 2.05) is 0 Å². The van der Waals surface area contributed by atoms with Gasteiger partial charge >= 0.3 is 0 Å².